The molecule has 220 valence electrons. The second kappa shape index (κ2) is 12.0. The second-order valence-electron chi connectivity index (χ2n) is 11.7. The standard InChI is InChI=1S/C31H37ClFN3O5/c1-19(37)20-8-10-26-23(17-20)27(34-29(38)21-7-9-25(33)24(32)18-21)28(31(2,3)41-26)40-30(39)36-15-11-22(12-16-36)35-13-5-4-6-14-35/h7-10,17-18,22,27-28H,4-6,11-16H2,1-3H3,(H,34,38)/t27-,28+/m1/s1. The van der Waals surface area contributed by atoms with E-state index in [9.17, 15) is 18.8 Å². The van der Waals surface area contributed by atoms with E-state index in [1.165, 1.54) is 38.3 Å². The highest BCUT2D eigenvalue weighted by molar-refractivity contribution is 6.31. The van der Waals surface area contributed by atoms with Crippen molar-refractivity contribution >= 4 is 29.4 Å². The lowest BCUT2D eigenvalue weighted by atomic mass is 9.85. The molecule has 1 N–H and O–H groups in total. The van der Waals surface area contributed by atoms with Crippen LogP contribution in [-0.4, -0.2) is 71.5 Å². The monoisotopic (exact) mass is 585 g/mol. The molecular weight excluding hydrogens is 549 g/mol. The molecule has 5 rings (SSSR count). The van der Waals surface area contributed by atoms with Gasteiger partial charge in [0.2, 0.25) is 0 Å². The zero-order valence-electron chi connectivity index (χ0n) is 23.8. The Kier molecular flexibility index (Phi) is 8.57. The fourth-order valence-corrected chi connectivity index (χ4v) is 6.30. The molecule has 0 bridgehead atoms. The summed E-state index contributed by atoms with van der Waals surface area (Å²) in [6.45, 7) is 8.45. The summed E-state index contributed by atoms with van der Waals surface area (Å²) in [6.07, 6.45) is 4.10. The van der Waals surface area contributed by atoms with Crippen LogP contribution in [0.5, 0.6) is 5.75 Å². The number of fused-ring (bicyclic) bond motifs is 1. The van der Waals surface area contributed by atoms with E-state index in [1.807, 2.05) is 0 Å². The topological polar surface area (TPSA) is 88.2 Å². The maximum atomic E-state index is 13.8. The Labute approximate surface area is 245 Å². The summed E-state index contributed by atoms with van der Waals surface area (Å²) in [7, 11) is 0. The molecule has 0 aliphatic carbocycles. The number of piperidine rings is 2. The molecule has 2 aromatic rings. The summed E-state index contributed by atoms with van der Waals surface area (Å²) < 4.78 is 26.2. The number of ether oxygens (including phenoxy) is 2. The molecule has 3 aliphatic rings. The van der Waals surface area contributed by atoms with Gasteiger partial charge < -0.3 is 24.6 Å². The van der Waals surface area contributed by atoms with Gasteiger partial charge in [0.05, 0.1) is 11.1 Å². The lowest BCUT2D eigenvalue weighted by Gasteiger charge is -2.45. The third-order valence-electron chi connectivity index (χ3n) is 8.44. The summed E-state index contributed by atoms with van der Waals surface area (Å²) in [5.41, 5.74) is 0.0706. The molecule has 2 amide bonds. The van der Waals surface area contributed by atoms with E-state index in [4.69, 9.17) is 21.1 Å². The number of nitrogens with zero attached hydrogens (tertiary/aromatic N) is 2. The Morgan fingerprint density at radius 1 is 1.00 bits per heavy atom. The van der Waals surface area contributed by atoms with Crippen LogP contribution in [0.4, 0.5) is 9.18 Å². The first-order chi connectivity index (χ1) is 19.5. The average Bonchev–Trinajstić information content (AvgIpc) is 2.96. The van der Waals surface area contributed by atoms with E-state index in [1.54, 1.807) is 36.9 Å². The summed E-state index contributed by atoms with van der Waals surface area (Å²) >= 11 is 5.94. The smallest absolute Gasteiger partial charge is 0.410 e. The number of carbonyl (C=O) groups is 3. The zero-order valence-corrected chi connectivity index (χ0v) is 24.5. The number of Topliss-reactive ketones (excluding diaryl/α,β-unsaturated/α-hetero) is 1. The van der Waals surface area contributed by atoms with Crippen LogP contribution in [-0.2, 0) is 4.74 Å². The number of hydrogen-bond donors (Lipinski definition) is 1. The molecule has 3 heterocycles. The Morgan fingerprint density at radius 2 is 1.68 bits per heavy atom. The molecule has 2 saturated heterocycles. The van der Waals surface area contributed by atoms with Gasteiger partial charge in [-0.05, 0) is 95.9 Å². The van der Waals surface area contributed by atoms with Gasteiger partial charge in [0, 0.05) is 35.8 Å². The minimum atomic E-state index is -1.02. The van der Waals surface area contributed by atoms with Crippen LogP contribution in [0.1, 0.15) is 85.2 Å². The first-order valence-corrected chi connectivity index (χ1v) is 14.7. The Balaban J connectivity index is 1.39. The van der Waals surface area contributed by atoms with Crippen LogP contribution < -0.4 is 10.1 Å². The Hall–Kier alpha value is -3.17. The average molecular weight is 586 g/mol. The van der Waals surface area contributed by atoms with Gasteiger partial charge in [0.15, 0.2) is 11.9 Å². The van der Waals surface area contributed by atoms with Gasteiger partial charge >= 0.3 is 6.09 Å². The van der Waals surface area contributed by atoms with Crippen LogP contribution in [0.15, 0.2) is 36.4 Å². The lowest BCUT2D eigenvalue weighted by Crippen LogP contribution is -2.57. The molecule has 0 radical (unpaired) electrons. The van der Waals surface area contributed by atoms with Gasteiger partial charge in [-0.2, -0.15) is 0 Å². The maximum Gasteiger partial charge on any atom is 0.410 e. The summed E-state index contributed by atoms with van der Waals surface area (Å²) in [5, 5.41) is 2.77. The summed E-state index contributed by atoms with van der Waals surface area (Å²) in [4.78, 5) is 43.4. The largest absolute Gasteiger partial charge is 0.484 e. The molecule has 10 heteroatoms. The van der Waals surface area contributed by atoms with Crippen LogP contribution in [0.2, 0.25) is 5.02 Å². The van der Waals surface area contributed by atoms with Crippen molar-refractivity contribution in [2.75, 3.05) is 26.2 Å². The van der Waals surface area contributed by atoms with Crippen LogP contribution in [0.3, 0.4) is 0 Å². The molecule has 2 fully saturated rings. The van der Waals surface area contributed by atoms with Gasteiger partial charge in [-0.3, -0.25) is 9.59 Å². The van der Waals surface area contributed by atoms with Crippen molar-refractivity contribution in [3.8, 4) is 5.75 Å². The third-order valence-corrected chi connectivity index (χ3v) is 8.73. The number of benzene rings is 2. The number of rotatable bonds is 5. The molecule has 2 atom stereocenters. The Morgan fingerprint density at radius 3 is 2.34 bits per heavy atom. The number of amides is 2. The number of carbonyl (C=O) groups excluding carboxylic acids is 3. The molecule has 41 heavy (non-hydrogen) atoms. The predicted octanol–water partition coefficient (Wildman–Crippen LogP) is 5.78. The van der Waals surface area contributed by atoms with Gasteiger partial charge in [0.25, 0.3) is 5.91 Å². The number of ketones is 1. The lowest BCUT2D eigenvalue weighted by molar-refractivity contribution is -0.0791. The third kappa shape index (κ3) is 6.36. The highest BCUT2D eigenvalue weighted by Gasteiger charge is 2.48. The van der Waals surface area contributed by atoms with E-state index in [2.05, 4.69) is 10.2 Å². The van der Waals surface area contributed by atoms with Crippen molar-refractivity contribution in [2.24, 2.45) is 0 Å². The van der Waals surface area contributed by atoms with Gasteiger partial charge in [-0.15, -0.1) is 0 Å². The highest BCUT2D eigenvalue weighted by atomic mass is 35.5. The van der Waals surface area contributed by atoms with E-state index < -0.39 is 35.6 Å². The molecule has 0 unspecified atom stereocenters. The predicted molar refractivity (Wildman–Crippen MR) is 153 cm³/mol. The van der Waals surface area contributed by atoms with Crippen LogP contribution in [0, 0.1) is 5.82 Å². The number of likely N-dealkylation sites (tertiary alicyclic amines) is 2. The van der Waals surface area contributed by atoms with Crippen molar-refractivity contribution in [2.45, 2.75) is 76.7 Å². The van der Waals surface area contributed by atoms with Crippen molar-refractivity contribution in [3.63, 3.8) is 0 Å². The van der Waals surface area contributed by atoms with Crippen molar-refractivity contribution < 1.29 is 28.2 Å². The SMILES string of the molecule is CC(=O)c1ccc2c(c1)[C@@H](NC(=O)c1ccc(F)c(Cl)c1)[C@H](OC(=O)N1CCC(N3CCCCC3)CC1)C(C)(C)O2. The molecule has 2 aromatic carbocycles. The highest BCUT2D eigenvalue weighted by Crippen LogP contribution is 2.42. The Bertz CT molecular complexity index is 1320. The molecule has 0 saturated carbocycles. The van der Waals surface area contributed by atoms with E-state index in [-0.39, 0.29) is 16.4 Å². The van der Waals surface area contributed by atoms with E-state index >= 15 is 0 Å². The number of halogens is 2. The molecule has 8 nitrogen and oxygen atoms in total. The zero-order chi connectivity index (χ0) is 29.3. The summed E-state index contributed by atoms with van der Waals surface area (Å²) in [5.74, 6) is -0.852. The van der Waals surface area contributed by atoms with Crippen molar-refractivity contribution in [3.05, 3.63) is 63.9 Å². The minimum absolute atomic E-state index is 0.148. The summed E-state index contributed by atoms with van der Waals surface area (Å²) in [6, 6.07) is 8.33. The fourth-order valence-electron chi connectivity index (χ4n) is 6.11. The minimum Gasteiger partial charge on any atom is -0.484 e. The molecular formula is C31H37ClFN3O5. The van der Waals surface area contributed by atoms with E-state index in [0.29, 0.717) is 36.0 Å². The number of nitrogens with one attached hydrogen (secondary N) is 1. The van der Waals surface area contributed by atoms with Crippen molar-refractivity contribution in [1.82, 2.24) is 15.1 Å². The van der Waals surface area contributed by atoms with E-state index in [0.717, 1.165) is 32.0 Å². The number of hydrogen-bond acceptors (Lipinski definition) is 6. The van der Waals surface area contributed by atoms with Crippen LogP contribution in [0.25, 0.3) is 0 Å². The molecule has 3 aliphatic heterocycles. The second-order valence-corrected chi connectivity index (χ2v) is 12.1. The molecule has 0 aromatic heterocycles. The fraction of sp³-hybridized carbons (Fsp3) is 0.516. The first kappa shape index (κ1) is 29.3. The van der Waals surface area contributed by atoms with Gasteiger partial charge in [0.1, 0.15) is 17.2 Å². The first-order valence-electron chi connectivity index (χ1n) is 14.3. The maximum absolute atomic E-state index is 13.8. The van der Waals surface area contributed by atoms with Gasteiger partial charge in [-0.1, -0.05) is 18.0 Å². The normalized spacial score (nSPS) is 22.8. The quantitative estimate of drug-likeness (QED) is 0.448. The van der Waals surface area contributed by atoms with Crippen LogP contribution >= 0.6 is 11.6 Å². The molecule has 0 spiro atoms. The van der Waals surface area contributed by atoms with Gasteiger partial charge in [-0.25, -0.2) is 9.18 Å². The van der Waals surface area contributed by atoms with Crippen molar-refractivity contribution in [1.29, 1.82) is 0 Å².